The average molecular weight is 249 g/mol. The van der Waals surface area contributed by atoms with Crippen molar-refractivity contribution < 1.29 is 0 Å². The molecule has 0 bridgehead atoms. The lowest BCUT2D eigenvalue weighted by Crippen LogP contribution is -2.16. The SMILES string of the molecule is Nc1cccc(Sc2n[nH]c(=O)n2C2CC2)n1. The second kappa shape index (κ2) is 3.92. The van der Waals surface area contributed by atoms with Crippen LogP contribution in [0.5, 0.6) is 0 Å². The summed E-state index contributed by atoms with van der Waals surface area (Å²) in [6.07, 6.45) is 2.08. The maximum absolute atomic E-state index is 11.6. The summed E-state index contributed by atoms with van der Waals surface area (Å²) < 4.78 is 1.69. The zero-order valence-electron chi connectivity index (χ0n) is 8.96. The summed E-state index contributed by atoms with van der Waals surface area (Å²) in [5.41, 5.74) is 5.45. The van der Waals surface area contributed by atoms with Crippen LogP contribution in [0.1, 0.15) is 18.9 Å². The van der Waals surface area contributed by atoms with Gasteiger partial charge in [0, 0.05) is 6.04 Å². The molecule has 3 rings (SSSR count). The van der Waals surface area contributed by atoms with E-state index in [0.717, 1.165) is 17.9 Å². The molecular formula is C10H11N5OS. The first-order chi connectivity index (χ1) is 8.24. The zero-order valence-corrected chi connectivity index (χ0v) is 9.78. The van der Waals surface area contributed by atoms with Gasteiger partial charge in [-0.3, -0.25) is 4.57 Å². The summed E-state index contributed by atoms with van der Waals surface area (Å²) in [5.74, 6) is 0.464. The molecule has 2 heterocycles. The van der Waals surface area contributed by atoms with Gasteiger partial charge in [0.1, 0.15) is 10.8 Å². The molecule has 1 aliphatic rings. The molecule has 17 heavy (non-hydrogen) atoms. The summed E-state index contributed by atoms with van der Waals surface area (Å²) in [5, 5.41) is 7.87. The smallest absolute Gasteiger partial charge is 0.344 e. The molecule has 0 unspecified atom stereocenters. The van der Waals surface area contributed by atoms with Crippen LogP contribution in [0.4, 0.5) is 5.82 Å². The first-order valence-electron chi connectivity index (χ1n) is 5.31. The van der Waals surface area contributed by atoms with Crippen molar-refractivity contribution >= 4 is 17.6 Å². The van der Waals surface area contributed by atoms with Crippen LogP contribution >= 0.6 is 11.8 Å². The number of hydrogen-bond acceptors (Lipinski definition) is 5. The van der Waals surface area contributed by atoms with Crippen LogP contribution < -0.4 is 11.4 Å². The monoisotopic (exact) mass is 249 g/mol. The molecule has 0 aliphatic heterocycles. The van der Waals surface area contributed by atoms with Gasteiger partial charge in [0.25, 0.3) is 0 Å². The van der Waals surface area contributed by atoms with Gasteiger partial charge in [0.05, 0.1) is 0 Å². The number of pyridine rings is 1. The van der Waals surface area contributed by atoms with Crippen molar-refractivity contribution in [1.29, 1.82) is 0 Å². The van der Waals surface area contributed by atoms with E-state index in [0.29, 0.717) is 17.0 Å². The van der Waals surface area contributed by atoms with E-state index in [2.05, 4.69) is 15.2 Å². The molecule has 1 aliphatic carbocycles. The Morgan fingerprint density at radius 2 is 2.29 bits per heavy atom. The third-order valence-electron chi connectivity index (χ3n) is 2.53. The van der Waals surface area contributed by atoms with Gasteiger partial charge in [-0.05, 0) is 36.7 Å². The van der Waals surface area contributed by atoms with E-state index in [9.17, 15) is 4.79 Å². The van der Waals surface area contributed by atoms with E-state index in [-0.39, 0.29) is 5.69 Å². The van der Waals surface area contributed by atoms with Gasteiger partial charge in [0.15, 0.2) is 5.16 Å². The van der Waals surface area contributed by atoms with Crippen molar-refractivity contribution in [2.75, 3.05) is 5.73 Å². The van der Waals surface area contributed by atoms with Gasteiger partial charge < -0.3 is 5.73 Å². The minimum absolute atomic E-state index is 0.154. The molecule has 0 spiro atoms. The number of H-pyrrole nitrogens is 1. The molecule has 1 fully saturated rings. The number of nitrogens with one attached hydrogen (secondary N) is 1. The van der Waals surface area contributed by atoms with E-state index < -0.39 is 0 Å². The molecule has 0 aromatic carbocycles. The molecule has 2 aromatic rings. The van der Waals surface area contributed by atoms with E-state index >= 15 is 0 Å². The van der Waals surface area contributed by atoms with Gasteiger partial charge in [-0.2, -0.15) is 0 Å². The van der Waals surface area contributed by atoms with E-state index in [1.807, 2.05) is 12.1 Å². The van der Waals surface area contributed by atoms with E-state index in [4.69, 9.17) is 5.73 Å². The molecule has 0 atom stereocenters. The molecule has 0 amide bonds. The second-order valence-electron chi connectivity index (χ2n) is 3.92. The fraction of sp³-hybridized carbons (Fsp3) is 0.300. The molecule has 6 nitrogen and oxygen atoms in total. The van der Waals surface area contributed by atoms with Crippen LogP contribution in [0.15, 0.2) is 33.2 Å². The zero-order chi connectivity index (χ0) is 11.8. The van der Waals surface area contributed by atoms with Crippen LogP contribution in [0.2, 0.25) is 0 Å². The number of nitrogen functional groups attached to an aromatic ring is 1. The number of nitrogens with two attached hydrogens (primary N) is 1. The fourth-order valence-electron chi connectivity index (χ4n) is 1.60. The molecule has 0 saturated heterocycles. The number of aromatic amines is 1. The first-order valence-corrected chi connectivity index (χ1v) is 6.13. The summed E-state index contributed by atoms with van der Waals surface area (Å²) in [4.78, 5) is 15.7. The van der Waals surface area contributed by atoms with Crippen molar-refractivity contribution in [3.8, 4) is 0 Å². The number of rotatable bonds is 3. The Balaban J connectivity index is 1.92. The van der Waals surface area contributed by atoms with Crippen LogP contribution in [-0.2, 0) is 0 Å². The third kappa shape index (κ3) is 2.05. The van der Waals surface area contributed by atoms with Crippen molar-refractivity contribution in [2.45, 2.75) is 29.1 Å². The van der Waals surface area contributed by atoms with Crippen molar-refractivity contribution in [3.05, 3.63) is 28.7 Å². The van der Waals surface area contributed by atoms with Gasteiger partial charge in [-0.15, -0.1) is 5.10 Å². The number of anilines is 1. The van der Waals surface area contributed by atoms with Crippen molar-refractivity contribution in [1.82, 2.24) is 19.7 Å². The minimum atomic E-state index is -0.154. The minimum Gasteiger partial charge on any atom is -0.384 e. The summed E-state index contributed by atoms with van der Waals surface area (Å²) in [6.45, 7) is 0. The topological polar surface area (TPSA) is 89.6 Å². The van der Waals surface area contributed by atoms with Crippen LogP contribution in [0.25, 0.3) is 0 Å². The van der Waals surface area contributed by atoms with Crippen LogP contribution in [-0.4, -0.2) is 19.7 Å². The fourth-order valence-corrected chi connectivity index (χ4v) is 2.50. The quantitative estimate of drug-likeness (QED) is 0.848. The average Bonchev–Trinajstić information content (AvgIpc) is 3.05. The Hall–Kier alpha value is -1.76. The Kier molecular flexibility index (Phi) is 2.40. The van der Waals surface area contributed by atoms with Crippen LogP contribution in [0, 0.1) is 0 Å². The summed E-state index contributed by atoms with van der Waals surface area (Å²) >= 11 is 1.35. The number of aromatic nitrogens is 4. The lowest BCUT2D eigenvalue weighted by Gasteiger charge is -2.02. The lowest BCUT2D eigenvalue weighted by molar-refractivity contribution is 0.642. The highest BCUT2D eigenvalue weighted by molar-refractivity contribution is 7.99. The van der Waals surface area contributed by atoms with Gasteiger partial charge in [-0.1, -0.05) is 6.07 Å². The molecule has 88 valence electrons. The Morgan fingerprint density at radius 3 is 3.00 bits per heavy atom. The van der Waals surface area contributed by atoms with Gasteiger partial charge in [0.2, 0.25) is 0 Å². The van der Waals surface area contributed by atoms with E-state index in [1.165, 1.54) is 11.8 Å². The predicted molar refractivity (Wildman–Crippen MR) is 63.9 cm³/mol. The third-order valence-corrected chi connectivity index (χ3v) is 3.43. The highest BCUT2D eigenvalue weighted by atomic mass is 32.2. The summed E-state index contributed by atoms with van der Waals surface area (Å²) in [7, 11) is 0. The lowest BCUT2D eigenvalue weighted by atomic mass is 10.5. The predicted octanol–water partition coefficient (Wildman–Crippen LogP) is 1.03. The van der Waals surface area contributed by atoms with Crippen molar-refractivity contribution in [2.24, 2.45) is 0 Å². The highest BCUT2D eigenvalue weighted by Crippen LogP contribution is 2.37. The Morgan fingerprint density at radius 1 is 1.47 bits per heavy atom. The molecular weight excluding hydrogens is 238 g/mol. The first kappa shape index (κ1) is 10.4. The van der Waals surface area contributed by atoms with Gasteiger partial charge >= 0.3 is 5.69 Å². The summed E-state index contributed by atoms with van der Waals surface area (Å²) in [6, 6.07) is 5.70. The Labute approximate surface area is 101 Å². The molecule has 2 aromatic heterocycles. The number of hydrogen-bond donors (Lipinski definition) is 2. The molecule has 0 radical (unpaired) electrons. The molecule has 7 heteroatoms. The normalized spacial score (nSPS) is 15.1. The van der Waals surface area contributed by atoms with E-state index in [1.54, 1.807) is 10.6 Å². The maximum Gasteiger partial charge on any atom is 0.344 e. The largest absolute Gasteiger partial charge is 0.384 e. The molecule has 1 saturated carbocycles. The maximum atomic E-state index is 11.6. The standard InChI is InChI=1S/C10H11N5OS/c11-7-2-1-3-8(12-7)17-10-14-13-9(16)15(10)6-4-5-6/h1-3,6H,4-5H2,(H2,11,12)(H,13,16). The Bertz CT molecular complexity index is 601. The van der Waals surface area contributed by atoms with Gasteiger partial charge in [-0.25, -0.2) is 14.9 Å². The molecule has 3 N–H and O–H groups in total. The second-order valence-corrected chi connectivity index (χ2v) is 4.90. The highest BCUT2D eigenvalue weighted by Gasteiger charge is 2.28. The number of nitrogens with zero attached hydrogens (tertiary/aromatic N) is 3. The van der Waals surface area contributed by atoms with Crippen molar-refractivity contribution in [3.63, 3.8) is 0 Å². The van der Waals surface area contributed by atoms with Crippen LogP contribution in [0.3, 0.4) is 0 Å².